The van der Waals surface area contributed by atoms with Crippen LogP contribution in [0, 0.1) is 0 Å². The largest absolute Gasteiger partial charge is 0.481 e. The van der Waals surface area contributed by atoms with Gasteiger partial charge in [0.05, 0.1) is 12.5 Å². The molecule has 0 saturated carbocycles. The molecule has 0 fully saturated rings. The van der Waals surface area contributed by atoms with Crippen LogP contribution in [0.1, 0.15) is 13.3 Å². The number of carboxylic acids is 1. The van der Waals surface area contributed by atoms with E-state index in [1.165, 1.54) is 6.08 Å². The Balaban J connectivity index is 3.50. The van der Waals surface area contributed by atoms with Gasteiger partial charge in [0.25, 0.3) is 0 Å². The molecule has 3 nitrogen and oxygen atoms in total. The molecule has 0 aromatic rings. The Morgan fingerprint density at radius 1 is 1.78 bits per heavy atom. The van der Waals surface area contributed by atoms with E-state index in [2.05, 4.69) is 0 Å². The van der Waals surface area contributed by atoms with Gasteiger partial charge in [-0.25, -0.2) is 0 Å². The van der Waals surface area contributed by atoms with Crippen molar-refractivity contribution in [1.29, 1.82) is 0 Å². The van der Waals surface area contributed by atoms with Crippen molar-refractivity contribution in [2.24, 2.45) is 0 Å². The average molecular weight is 130 g/mol. The third kappa shape index (κ3) is 5.03. The molecule has 1 unspecified atom stereocenters. The zero-order valence-electron chi connectivity index (χ0n) is 5.24. The number of aliphatic hydroxyl groups excluding tert-OH is 1. The summed E-state index contributed by atoms with van der Waals surface area (Å²) in [6, 6.07) is 0. The smallest absolute Gasteiger partial charge is 0.306 e. The molecule has 0 aromatic carbocycles. The van der Waals surface area contributed by atoms with Gasteiger partial charge in [-0.05, 0) is 6.92 Å². The third-order valence-corrected chi connectivity index (χ3v) is 0.798. The van der Waals surface area contributed by atoms with Gasteiger partial charge in [-0.2, -0.15) is 0 Å². The van der Waals surface area contributed by atoms with Gasteiger partial charge in [0, 0.05) is 0 Å². The zero-order chi connectivity index (χ0) is 7.28. The van der Waals surface area contributed by atoms with E-state index >= 15 is 0 Å². The molecule has 0 aliphatic carbocycles. The van der Waals surface area contributed by atoms with Crippen LogP contribution in [-0.2, 0) is 4.79 Å². The summed E-state index contributed by atoms with van der Waals surface area (Å²) in [6.07, 6.45) is 2.00. The lowest BCUT2D eigenvalue weighted by Crippen LogP contribution is -2.09. The predicted octanol–water partition coefficient (Wildman–Crippen LogP) is 0.398. The van der Waals surface area contributed by atoms with Crippen molar-refractivity contribution in [2.45, 2.75) is 19.4 Å². The number of aliphatic carboxylic acids is 1. The first-order chi connectivity index (χ1) is 4.16. The molecule has 0 spiro atoms. The lowest BCUT2D eigenvalue weighted by atomic mass is 10.2. The van der Waals surface area contributed by atoms with Crippen LogP contribution in [0.15, 0.2) is 12.2 Å². The van der Waals surface area contributed by atoms with Crippen molar-refractivity contribution in [3.05, 3.63) is 12.2 Å². The van der Waals surface area contributed by atoms with Gasteiger partial charge in [0.2, 0.25) is 0 Å². The van der Waals surface area contributed by atoms with E-state index in [-0.39, 0.29) is 6.42 Å². The number of aliphatic hydroxyl groups is 1. The fourth-order valence-electron chi connectivity index (χ4n) is 0.469. The van der Waals surface area contributed by atoms with E-state index in [9.17, 15) is 4.79 Å². The van der Waals surface area contributed by atoms with E-state index in [1.54, 1.807) is 13.0 Å². The Kier molecular flexibility index (Phi) is 3.71. The highest BCUT2D eigenvalue weighted by atomic mass is 16.4. The number of carboxylic acid groups (broad SMARTS) is 1. The number of hydrogen-bond acceptors (Lipinski definition) is 2. The van der Waals surface area contributed by atoms with Crippen LogP contribution in [0.25, 0.3) is 0 Å². The molecule has 0 heterocycles. The third-order valence-electron chi connectivity index (χ3n) is 0.798. The molecule has 9 heavy (non-hydrogen) atoms. The molecular weight excluding hydrogens is 120 g/mol. The molecule has 0 aliphatic heterocycles. The maximum Gasteiger partial charge on any atom is 0.306 e. The molecule has 1 atom stereocenters. The van der Waals surface area contributed by atoms with E-state index in [0.717, 1.165) is 0 Å². The van der Waals surface area contributed by atoms with Crippen molar-refractivity contribution in [1.82, 2.24) is 0 Å². The summed E-state index contributed by atoms with van der Waals surface area (Å²) in [6.45, 7) is 1.73. The summed E-state index contributed by atoms with van der Waals surface area (Å²) in [5, 5.41) is 16.9. The molecule has 0 saturated heterocycles. The summed E-state index contributed by atoms with van der Waals surface area (Å²) in [5.74, 6) is -0.986. The molecule has 0 aliphatic rings. The van der Waals surface area contributed by atoms with Gasteiger partial charge >= 0.3 is 5.97 Å². The van der Waals surface area contributed by atoms with Gasteiger partial charge in [0.15, 0.2) is 0 Å². The quantitative estimate of drug-likeness (QED) is 0.543. The summed E-state index contributed by atoms with van der Waals surface area (Å²) in [4.78, 5) is 9.89. The van der Waals surface area contributed by atoms with Crippen LogP contribution in [-0.4, -0.2) is 22.3 Å². The van der Waals surface area contributed by atoms with Gasteiger partial charge < -0.3 is 10.2 Å². The Morgan fingerprint density at radius 2 is 2.33 bits per heavy atom. The van der Waals surface area contributed by atoms with E-state index < -0.39 is 12.1 Å². The standard InChI is InChI=1S/C6H10O3/c1-2-3-5(7)4-6(8)9/h2-3,5,7H,4H2,1H3,(H,8,9)/b3-2+. The monoisotopic (exact) mass is 130 g/mol. The molecule has 0 amide bonds. The maximum absolute atomic E-state index is 9.89. The first-order valence-corrected chi connectivity index (χ1v) is 2.69. The summed E-state index contributed by atoms with van der Waals surface area (Å²) >= 11 is 0. The number of rotatable bonds is 3. The average Bonchev–Trinajstić information content (AvgIpc) is 1.63. The molecule has 52 valence electrons. The normalized spacial score (nSPS) is 14.0. The van der Waals surface area contributed by atoms with E-state index in [4.69, 9.17) is 10.2 Å². The number of allylic oxidation sites excluding steroid dienone is 1. The highest BCUT2D eigenvalue weighted by Gasteiger charge is 2.03. The molecule has 2 N–H and O–H groups in total. The fraction of sp³-hybridized carbons (Fsp3) is 0.500. The molecule has 0 aromatic heterocycles. The Labute approximate surface area is 53.6 Å². The van der Waals surface area contributed by atoms with Crippen LogP contribution in [0.4, 0.5) is 0 Å². The summed E-state index contributed by atoms with van der Waals surface area (Å²) < 4.78 is 0. The lowest BCUT2D eigenvalue weighted by molar-refractivity contribution is -0.138. The van der Waals surface area contributed by atoms with Crippen LogP contribution in [0.3, 0.4) is 0 Å². The summed E-state index contributed by atoms with van der Waals surface area (Å²) in [7, 11) is 0. The van der Waals surface area contributed by atoms with Crippen molar-refractivity contribution in [3.8, 4) is 0 Å². The highest BCUT2D eigenvalue weighted by Crippen LogP contribution is 1.91. The van der Waals surface area contributed by atoms with Gasteiger partial charge in [-0.3, -0.25) is 4.79 Å². The minimum Gasteiger partial charge on any atom is -0.481 e. The molecular formula is C6H10O3. The Morgan fingerprint density at radius 3 is 2.67 bits per heavy atom. The van der Waals surface area contributed by atoms with Crippen LogP contribution in [0.5, 0.6) is 0 Å². The first kappa shape index (κ1) is 8.17. The van der Waals surface area contributed by atoms with Crippen LogP contribution < -0.4 is 0 Å². The molecule has 3 heteroatoms. The summed E-state index contributed by atoms with van der Waals surface area (Å²) in [5.41, 5.74) is 0. The first-order valence-electron chi connectivity index (χ1n) is 2.69. The van der Waals surface area contributed by atoms with Gasteiger partial charge in [0.1, 0.15) is 0 Å². The SMILES string of the molecule is C/C=C/C(O)CC(=O)O. The van der Waals surface area contributed by atoms with Crippen molar-refractivity contribution >= 4 is 5.97 Å². The lowest BCUT2D eigenvalue weighted by Gasteiger charge is -1.97. The highest BCUT2D eigenvalue weighted by molar-refractivity contribution is 5.67. The minimum absolute atomic E-state index is 0.218. The number of carbonyl (C=O) groups is 1. The molecule has 0 rings (SSSR count). The van der Waals surface area contributed by atoms with E-state index in [1.807, 2.05) is 0 Å². The molecule has 0 radical (unpaired) electrons. The fourth-order valence-corrected chi connectivity index (χ4v) is 0.469. The van der Waals surface area contributed by atoms with Crippen LogP contribution >= 0.6 is 0 Å². The van der Waals surface area contributed by atoms with E-state index in [0.29, 0.717) is 0 Å². The molecule has 0 bridgehead atoms. The van der Waals surface area contributed by atoms with Gasteiger partial charge in [-0.15, -0.1) is 0 Å². The van der Waals surface area contributed by atoms with Crippen molar-refractivity contribution in [3.63, 3.8) is 0 Å². The van der Waals surface area contributed by atoms with Crippen molar-refractivity contribution < 1.29 is 15.0 Å². The van der Waals surface area contributed by atoms with Crippen LogP contribution in [0.2, 0.25) is 0 Å². The number of hydrogen-bond donors (Lipinski definition) is 2. The van der Waals surface area contributed by atoms with Crippen molar-refractivity contribution in [2.75, 3.05) is 0 Å². The zero-order valence-corrected chi connectivity index (χ0v) is 5.24. The second-order valence-corrected chi connectivity index (χ2v) is 1.69. The Hall–Kier alpha value is -0.830. The second-order valence-electron chi connectivity index (χ2n) is 1.69. The Bertz CT molecular complexity index is 117. The minimum atomic E-state index is -0.986. The maximum atomic E-state index is 9.89. The predicted molar refractivity (Wildman–Crippen MR) is 33.1 cm³/mol. The topological polar surface area (TPSA) is 57.5 Å². The van der Waals surface area contributed by atoms with Gasteiger partial charge in [-0.1, -0.05) is 12.2 Å². The second kappa shape index (κ2) is 4.09.